The number of benzene rings is 1. The van der Waals surface area contributed by atoms with Crippen molar-refractivity contribution in [3.05, 3.63) is 34.9 Å². The number of rotatable bonds is 1. The summed E-state index contributed by atoms with van der Waals surface area (Å²) in [4.78, 5) is 14.0. The van der Waals surface area contributed by atoms with Gasteiger partial charge >= 0.3 is 0 Å². The van der Waals surface area contributed by atoms with Crippen molar-refractivity contribution in [2.24, 2.45) is 0 Å². The van der Waals surface area contributed by atoms with Gasteiger partial charge in [0.05, 0.1) is 19.8 Å². The standard InChI is InChI=1S/C13H14ClNO3/c14-11-3-1-10(2-4-11)12(16)15-6-5-13(9-15)17-7-8-18-13/h1-4H,5-9H2. The Hall–Kier alpha value is -1.10. The van der Waals surface area contributed by atoms with Crippen molar-refractivity contribution in [1.82, 2.24) is 4.90 Å². The molecule has 0 bridgehead atoms. The molecule has 2 fully saturated rings. The van der Waals surface area contributed by atoms with Crippen LogP contribution in [0.3, 0.4) is 0 Å². The molecular formula is C13H14ClNO3. The Bertz CT molecular complexity index is 454. The Labute approximate surface area is 110 Å². The van der Waals surface area contributed by atoms with Gasteiger partial charge in [-0.1, -0.05) is 11.6 Å². The van der Waals surface area contributed by atoms with Crippen LogP contribution in [0.2, 0.25) is 5.02 Å². The molecule has 0 aromatic heterocycles. The van der Waals surface area contributed by atoms with E-state index in [1.807, 2.05) is 0 Å². The van der Waals surface area contributed by atoms with Gasteiger partial charge in [-0.3, -0.25) is 4.79 Å². The normalized spacial score (nSPS) is 21.7. The van der Waals surface area contributed by atoms with Crippen LogP contribution in [0, 0.1) is 0 Å². The van der Waals surface area contributed by atoms with Gasteiger partial charge in [0.25, 0.3) is 5.91 Å². The molecule has 3 rings (SSSR count). The van der Waals surface area contributed by atoms with E-state index in [-0.39, 0.29) is 5.91 Å². The molecule has 1 spiro atoms. The van der Waals surface area contributed by atoms with E-state index in [0.717, 1.165) is 6.42 Å². The first kappa shape index (κ1) is 12.0. The van der Waals surface area contributed by atoms with E-state index in [2.05, 4.69) is 0 Å². The third kappa shape index (κ3) is 2.11. The van der Waals surface area contributed by atoms with E-state index < -0.39 is 5.79 Å². The van der Waals surface area contributed by atoms with Gasteiger partial charge in [0.2, 0.25) is 0 Å². The average molecular weight is 268 g/mol. The lowest BCUT2D eigenvalue weighted by Crippen LogP contribution is -2.36. The van der Waals surface area contributed by atoms with Crippen molar-refractivity contribution in [1.29, 1.82) is 0 Å². The molecule has 4 nitrogen and oxygen atoms in total. The van der Waals surface area contributed by atoms with Crippen LogP contribution in [0.25, 0.3) is 0 Å². The van der Waals surface area contributed by atoms with Gasteiger partial charge in [-0.05, 0) is 24.3 Å². The number of likely N-dealkylation sites (tertiary alicyclic amines) is 1. The van der Waals surface area contributed by atoms with E-state index in [9.17, 15) is 4.79 Å². The van der Waals surface area contributed by atoms with Crippen molar-refractivity contribution in [3.63, 3.8) is 0 Å². The summed E-state index contributed by atoms with van der Waals surface area (Å²) in [6, 6.07) is 6.93. The van der Waals surface area contributed by atoms with Crippen LogP contribution in [0.4, 0.5) is 0 Å². The minimum atomic E-state index is -0.553. The van der Waals surface area contributed by atoms with Gasteiger partial charge in [0.1, 0.15) is 0 Å². The first-order valence-electron chi connectivity index (χ1n) is 6.01. The SMILES string of the molecule is O=C(c1ccc(Cl)cc1)N1CCC2(C1)OCCO2. The summed E-state index contributed by atoms with van der Waals surface area (Å²) in [6.07, 6.45) is 0.742. The minimum absolute atomic E-state index is 0.00245. The molecule has 0 unspecified atom stereocenters. The lowest BCUT2D eigenvalue weighted by atomic mass is 10.2. The summed E-state index contributed by atoms with van der Waals surface area (Å²) >= 11 is 5.81. The topological polar surface area (TPSA) is 38.8 Å². The fourth-order valence-corrected chi connectivity index (χ4v) is 2.56. The lowest BCUT2D eigenvalue weighted by Gasteiger charge is -2.22. The lowest BCUT2D eigenvalue weighted by molar-refractivity contribution is -0.143. The quantitative estimate of drug-likeness (QED) is 0.780. The molecule has 0 saturated carbocycles. The zero-order valence-corrected chi connectivity index (χ0v) is 10.7. The smallest absolute Gasteiger partial charge is 0.254 e. The number of ether oxygens (including phenoxy) is 2. The van der Waals surface area contributed by atoms with Gasteiger partial charge < -0.3 is 14.4 Å². The summed E-state index contributed by atoms with van der Waals surface area (Å²) < 4.78 is 11.2. The Kier molecular flexibility index (Phi) is 3.01. The number of carbonyl (C=O) groups excluding carboxylic acids is 1. The van der Waals surface area contributed by atoms with Gasteiger partial charge in [0, 0.05) is 23.6 Å². The largest absolute Gasteiger partial charge is 0.346 e. The van der Waals surface area contributed by atoms with Crippen LogP contribution in [0.15, 0.2) is 24.3 Å². The molecule has 1 aromatic rings. The van der Waals surface area contributed by atoms with Crippen LogP contribution in [-0.2, 0) is 9.47 Å². The maximum atomic E-state index is 12.3. The molecule has 0 atom stereocenters. The molecule has 5 heteroatoms. The molecule has 0 N–H and O–H groups in total. The van der Waals surface area contributed by atoms with E-state index >= 15 is 0 Å². The van der Waals surface area contributed by atoms with Crippen molar-refractivity contribution >= 4 is 17.5 Å². The summed E-state index contributed by atoms with van der Waals surface area (Å²) in [6.45, 7) is 2.40. The summed E-state index contributed by atoms with van der Waals surface area (Å²) in [5, 5.41) is 0.631. The first-order valence-corrected chi connectivity index (χ1v) is 6.39. The van der Waals surface area contributed by atoms with Crippen molar-refractivity contribution in [2.75, 3.05) is 26.3 Å². The number of halogens is 1. The van der Waals surface area contributed by atoms with Crippen molar-refractivity contribution in [3.8, 4) is 0 Å². The minimum Gasteiger partial charge on any atom is -0.346 e. The highest BCUT2D eigenvalue weighted by atomic mass is 35.5. The molecule has 1 aromatic carbocycles. The second-order valence-corrected chi connectivity index (χ2v) is 5.03. The molecule has 18 heavy (non-hydrogen) atoms. The maximum absolute atomic E-state index is 12.3. The number of hydrogen-bond donors (Lipinski definition) is 0. The van der Waals surface area contributed by atoms with Gasteiger partial charge in [-0.25, -0.2) is 0 Å². The molecular weight excluding hydrogens is 254 g/mol. The van der Waals surface area contributed by atoms with E-state index in [4.69, 9.17) is 21.1 Å². The van der Waals surface area contributed by atoms with E-state index in [1.54, 1.807) is 29.2 Å². The van der Waals surface area contributed by atoms with Gasteiger partial charge in [0.15, 0.2) is 5.79 Å². The zero-order chi connectivity index (χ0) is 12.6. The van der Waals surface area contributed by atoms with Gasteiger partial charge in [-0.15, -0.1) is 0 Å². The zero-order valence-electron chi connectivity index (χ0n) is 9.89. The molecule has 0 radical (unpaired) electrons. The second-order valence-electron chi connectivity index (χ2n) is 4.59. The summed E-state index contributed by atoms with van der Waals surface area (Å²) in [5.41, 5.74) is 0.648. The van der Waals surface area contributed by atoms with E-state index in [1.165, 1.54) is 0 Å². The number of nitrogens with zero attached hydrogens (tertiary/aromatic N) is 1. The fraction of sp³-hybridized carbons (Fsp3) is 0.462. The average Bonchev–Trinajstić information content (AvgIpc) is 3.01. The maximum Gasteiger partial charge on any atom is 0.254 e. The molecule has 2 saturated heterocycles. The summed E-state index contributed by atoms with van der Waals surface area (Å²) in [5.74, 6) is -0.551. The van der Waals surface area contributed by atoms with E-state index in [0.29, 0.717) is 36.9 Å². The monoisotopic (exact) mass is 267 g/mol. The van der Waals surface area contributed by atoms with Crippen LogP contribution >= 0.6 is 11.6 Å². The predicted octanol–water partition coefficient (Wildman–Crippen LogP) is 1.93. The fourth-order valence-electron chi connectivity index (χ4n) is 2.44. The molecule has 2 heterocycles. The van der Waals surface area contributed by atoms with Crippen LogP contribution < -0.4 is 0 Å². The molecule has 2 aliphatic rings. The van der Waals surface area contributed by atoms with Crippen molar-refractivity contribution < 1.29 is 14.3 Å². The first-order chi connectivity index (χ1) is 8.69. The number of hydrogen-bond acceptors (Lipinski definition) is 3. The molecule has 2 aliphatic heterocycles. The Morgan fingerprint density at radius 1 is 1.22 bits per heavy atom. The van der Waals surface area contributed by atoms with Crippen LogP contribution in [0.5, 0.6) is 0 Å². The Balaban J connectivity index is 1.72. The number of amides is 1. The highest BCUT2D eigenvalue weighted by molar-refractivity contribution is 6.30. The molecule has 1 amide bonds. The third-order valence-electron chi connectivity index (χ3n) is 3.39. The van der Waals surface area contributed by atoms with Gasteiger partial charge in [-0.2, -0.15) is 0 Å². The summed E-state index contributed by atoms with van der Waals surface area (Å²) in [7, 11) is 0. The van der Waals surface area contributed by atoms with Crippen LogP contribution in [-0.4, -0.2) is 42.9 Å². The second kappa shape index (κ2) is 4.53. The predicted molar refractivity (Wildman–Crippen MR) is 66.6 cm³/mol. The highest BCUT2D eigenvalue weighted by Gasteiger charge is 2.44. The molecule has 0 aliphatic carbocycles. The number of carbonyl (C=O) groups is 1. The highest BCUT2D eigenvalue weighted by Crippen LogP contribution is 2.31. The Morgan fingerprint density at radius 3 is 2.56 bits per heavy atom. The van der Waals surface area contributed by atoms with Crippen LogP contribution in [0.1, 0.15) is 16.8 Å². The van der Waals surface area contributed by atoms with Crippen molar-refractivity contribution in [2.45, 2.75) is 12.2 Å². The Morgan fingerprint density at radius 2 is 1.89 bits per heavy atom. The third-order valence-corrected chi connectivity index (χ3v) is 3.64. The molecule has 96 valence electrons.